The topological polar surface area (TPSA) is 59.3 Å². The molecule has 4 heteroatoms. The molecule has 0 spiro atoms. The van der Waals surface area contributed by atoms with Crippen LogP contribution >= 0.6 is 0 Å². The lowest BCUT2D eigenvalue weighted by molar-refractivity contribution is 0.0681. The SMILES string of the molecule is CC(C)n1c(C(=O)O)c(C=O)c2ccccc21. The number of aromatic carboxylic acids is 1. The molecule has 4 nitrogen and oxygen atoms in total. The molecule has 0 saturated carbocycles. The van der Waals surface area contributed by atoms with Crippen LogP contribution in [0.25, 0.3) is 10.9 Å². The highest BCUT2D eigenvalue weighted by molar-refractivity contribution is 6.08. The van der Waals surface area contributed by atoms with Gasteiger partial charge in [-0.25, -0.2) is 4.79 Å². The van der Waals surface area contributed by atoms with Crippen molar-refractivity contribution in [2.45, 2.75) is 19.9 Å². The highest BCUT2D eigenvalue weighted by atomic mass is 16.4. The van der Waals surface area contributed by atoms with E-state index in [2.05, 4.69) is 0 Å². The lowest BCUT2D eigenvalue weighted by atomic mass is 10.1. The van der Waals surface area contributed by atoms with E-state index in [0.717, 1.165) is 5.52 Å². The number of nitrogens with zero attached hydrogens (tertiary/aromatic N) is 1. The van der Waals surface area contributed by atoms with Crippen molar-refractivity contribution in [2.24, 2.45) is 0 Å². The van der Waals surface area contributed by atoms with Crippen molar-refractivity contribution < 1.29 is 14.7 Å². The average molecular weight is 231 g/mol. The molecule has 0 atom stereocenters. The van der Waals surface area contributed by atoms with Gasteiger partial charge in [-0.15, -0.1) is 0 Å². The van der Waals surface area contributed by atoms with Crippen molar-refractivity contribution >= 4 is 23.2 Å². The number of para-hydroxylation sites is 1. The minimum atomic E-state index is -1.07. The fourth-order valence-corrected chi connectivity index (χ4v) is 2.16. The fourth-order valence-electron chi connectivity index (χ4n) is 2.16. The highest BCUT2D eigenvalue weighted by Gasteiger charge is 2.22. The summed E-state index contributed by atoms with van der Waals surface area (Å²) >= 11 is 0. The zero-order chi connectivity index (χ0) is 12.6. The number of benzene rings is 1. The van der Waals surface area contributed by atoms with Crippen LogP contribution in [0.4, 0.5) is 0 Å². The van der Waals surface area contributed by atoms with Gasteiger partial charge in [0.2, 0.25) is 0 Å². The molecule has 0 unspecified atom stereocenters. The molecule has 0 amide bonds. The molecule has 0 saturated heterocycles. The monoisotopic (exact) mass is 231 g/mol. The summed E-state index contributed by atoms with van der Waals surface area (Å²) < 4.78 is 1.68. The first-order chi connectivity index (χ1) is 8.07. The van der Waals surface area contributed by atoms with Crippen LogP contribution in [0.3, 0.4) is 0 Å². The van der Waals surface area contributed by atoms with Gasteiger partial charge in [0.05, 0.1) is 5.56 Å². The normalized spacial score (nSPS) is 11.0. The average Bonchev–Trinajstić information content (AvgIpc) is 2.63. The second-order valence-electron chi connectivity index (χ2n) is 4.17. The predicted molar refractivity (Wildman–Crippen MR) is 64.7 cm³/mol. The molecule has 17 heavy (non-hydrogen) atoms. The molecule has 2 aromatic rings. The number of fused-ring (bicyclic) bond motifs is 1. The van der Waals surface area contributed by atoms with E-state index in [-0.39, 0.29) is 17.3 Å². The molecular formula is C13H13NO3. The summed E-state index contributed by atoms with van der Waals surface area (Å²) in [5.74, 6) is -1.07. The van der Waals surface area contributed by atoms with Crippen LogP contribution in [0.2, 0.25) is 0 Å². The van der Waals surface area contributed by atoms with E-state index in [1.807, 2.05) is 26.0 Å². The molecular weight excluding hydrogens is 218 g/mol. The second kappa shape index (κ2) is 4.05. The van der Waals surface area contributed by atoms with Gasteiger partial charge in [-0.2, -0.15) is 0 Å². The van der Waals surface area contributed by atoms with Crippen molar-refractivity contribution in [1.82, 2.24) is 4.57 Å². The third-order valence-electron chi connectivity index (χ3n) is 2.79. The van der Waals surface area contributed by atoms with Gasteiger partial charge in [0, 0.05) is 16.9 Å². The Hall–Kier alpha value is -2.10. The molecule has 88 valence electrons. The van der Waals surface area contributed by atoms with Crippen molar-refractivity contribution in [3.05, 3.63) is 35.5 Å². The summed E-state index contributed by atoms with van der Waals surface area (Å²) in [5, 5.41) is 9.94. The lowest BCUT2D eigenvalue weighted by Gasteiger charge is -2.12. The van der Waals surface area contributed by atoms with Crippen LogP contribution in [-0.4, -0.2) is 21.9 Å². The van der Waals surface area contributed by atoms with Gasteiger partial charge >= 0.3 is 5.97 Å². The summed E-state index contributed by atoms with van der Waals surface area (Å²) in [4.78, 5) is 22.4. The maximum absolute atomic E-state index is 11.3. The summed E-state index contributed by atoms with van der Waals surface area (Å²) in [6.07, 6.45) is 0.616. The maximum atomic E-state index is 11.3. The predicted octanol–water partition coefficient (Wildman–Crippen LogP) is 2.73. The van der Waals surface area contributed by atoms with E-state index in [1.54, 1.807) is 16.7 Å². The second-order valence-corrected chi connectivity index (χ2v) is 4.17. The summed E-state index contributed by atoms with van der Waals surface area (Å²) in [5.41, 5.74) is 1.10. The number of rotatable bonds is 3. The van der Waals surface area contributed by atoms with Crippen molar-refractivity contribution in [2.75, 3.05) is 0 Å². The van der Waals surface area contributed by atoms with Crippen LogP contribution < -0.4 is 0 Å². The zero-order valence-electron chi connectivity index (χ0n) is 9.68. The quantitative estimate of drug-likeness (QED) is 0.826. The van der Waals surface area contributed by atoms with Gasteiger partial charge in [0.25, 0.3) is 0 Å². The lowest BCUT2D eigenvalue weighted by Crippen LogP contribution is -2.12. The molecule has 0 fully saturated rings. The minimum absolute atomic E-state index is 0.0142. The van der Waals surface area contributed by atoms with Gasteiger partial charge in [0.15, 0.2) is 6.29 Å². The summed E-state index contributed by atoms with van der Waals surface area (Å²) in [7, 11) is 0. The van der Waals surface area contributed by atoms with Crippen LogP contribution in [-0.2, 0) is 0 Å². The summed E-state index contributed by atoms with van der Waals surface area (Å²) in [6, 6.07) is 7.21. The smallest absolute Gasteiger partial charge is 0.353 e. The Balaban J connectivity index is 2.97. The van der Waals surface area contributed by atoms with Crippen LogP contribution in [0.15, 0.2) is 24.3 Å². The van der Waals surface area contributed by atoms with E-state index in [1.165, 1.54) is 0 Å². The largest absolute Gasteiger partial charge is 0.477 e. The third-order valence-corrected chi connectivity index (χ3v) is 2.79. The first-order valence-electron chi connectivity index (χ1n) is 5.39. The first-order valence-corrected chi connectivity index (χ1v) is 5.39. The van der Waals surface area contributed by atoms with Crippen molar-refractivity contribution in [3.63, 3.8) is 0 Å². The number of hydrogen-bond donors (Lipinski definition) is 1. The molecule has 0 aliphatic rings. The van der Waals surface area contributed by atoms with Gasteiger partial charge in [-0.1, -0.05) is 18.2 Å². The molecule has 1 N–H and O–H groups in total. The standard InChI is InChI=1S/C13H13NO3/c1-8(2)14-11-6-4-3-5-9(11)10(7-15)12(14)13(16)17/h3-8H,1-2H3,(H,16,17). The highest BCUT2D eigenvalue weighted by Crippen LogP contribution is 2.28. The molecule has 0 aliphatic heterocycles. The Labute approximate surface area is 98.5 Å². The third kappa shape index (κ3) is 1.62. The summed E-state index contributed by atoms with van der Waals surface area (Å²) in [6.45, 7) is 3.79. The molecule has 0 radical (unpaired) electrons. The Morgan fingerprint density at radius 3 is 2.53 bits per heavy atom. The molecule has 1 aromatic carbocycles. The van der Waals surface area contributed by atoms with E-state index in [9.17, 15) is 14.7 Å². The number of hydrogen-bond acceptors (Lipinski definition) is 2. The van der Waals surface area contributed by atoms with Crippen LogP contribution in [0, 0.1) is 0 Å². The van der Waals surface area contributed by atoms with E-state index in [4.69, 9.17) is 0 Å². The number of carbonyl (C=O) groups excluding carboxylic acids is 1. The Bertz CT molecular complexity index is 596. The van der Waals surface area contributed by atoms with E-state index < -0.39 is 5.97 Å². The number of carboxylic acids is 1. The van der Waals surface area contributed by atoms with Crippen molar-refractivity contribution in [3.8, 4) is 0 Å². The zero-order valence-corrected chi connectivity index (χ0v) is 9.68. The number of carbonyl (C=O) groups is 2. The van der Waals surface area contributed by atoms with Gasteiger partial charge in [-0.3, -0.25) is 4.79 Å². The molecule has 1 heterocycles. The maximum Gasteiger partial charge on any atom is 0.353 e. The first kappa shape index (κ1) is 11.4. The van der Waals surface area contributed by atoms with Crippen molar-refractivity contribution in [1.29, 1.82) is 0 Å². The molecule has 0 bridgehead atoms. The van der Waals surface area contributed by atoms with E-state index >= 15 is 0 Å². The number of aldehydes is 1. The molecule has 2 rings (SSSR count). The van der Waals surface area contributed by atoms with Crippen LogP contribution in [0.5, 0.6) is 0 Å². The van der Waals surface area contributed by atoms with Gasteiger partial charge in [-0.05, 0) is 19.9 Å². The fraction of sp³-hybridized carbons (Fsp3) is 0.231. The Kier molecular flexibility index (Phi) is 2.71. The van der Waals surface area contributed by atoms with E-state index in [0.29, 0.717) is 11.7 Å². The number of aromatic nitrogens is 1. The molecule has 1 aromatic heterocycles. The van der Waals surface area contributed by atoms with Gasteiger partial charge in [0.1, 0.15) is 5.69 Å². The molecule has 0 aliphatic carbocycles. The Morgan fingerprint density at radius 1 is 1.35 bits per heavy atom. The number of carboxylic acid groups (broad SMARTS) is 1. The van der Waals surface area contributed by atoms with Gasteiger partial charge < -0.3 is 9.67 Å². The Morgan fingerprint density at radius 2 is 2.00 bits per heavy atom. The minimum Gasteiger partial charge on any atom is -0.477 e. The van der Waals surface area contributed by atoms with Crippen LogP contribution in [0.1, 0.15) is 40.7 Å².